The van der Waals surface area contributed by atoms with Gasteiger partial charge in [-0.05, 0) is 29.8 Å². The predicted molar refractivity (Wildman–Crippen MR) is 71.0 cm³/mol. The van der Waals surface area contributed by atoms with Crippen LogP contribution < -0.4 is 10.5 Å². The second-order valence-corrected chi connectivity index (χ2v) is 4.12. The second kappa shape index (κ2) is 5.51. The Morgan fingerprint density at radius 2 is 2.00 bits per heavy atom. The lowest BCUT2D eigenvalue weighted by molar-refractivity contribution is 0.293. The normalized spacial score (nSPS) is 10.1. The average Bonchev–Trinajstić information content (AvgIpc) is 2.38. The zero-order chi connectivity index (χ0) is 13.0. The third-order valence-corrected chi connectivity index (χ3v) is 2.60. The lowest BCUT2D eigenvalue weighted by Gasteiger charge is -2.09. The highest BCUT2D eigenvalue weighted by molar-refractivity contribution is 6.30. The Hall–Kier alpha value is -2.07. The van der Waals surface area contributed by atoms with Crippen molar-refractivity contribution in [1.29, 1.82) is 5.41 Å². The second-order valence-electron chi connectivity index (χ2n) is 3.68. The predicted octanol–water partition coefficient (Wildman–Crippen LogP) is 2.60. The van der Waals surface area contributed by atoms with E-state index in [2.05, 4.69) is 4.98 Å². The van der Waals surface area contributed by atoms with Crippen LogP contribution in [0, 0.1) is 5.41 Å². The summed E-state index contributed by atoms with van der Waals surface area (Å²) in [5, 5.41) is 8.11. The van der Waals surface area contributed by atoms with Gasteiger partial charge in [-0.2, -0.15) is 0 Å². The maximum absolute atomic E-state index is 7.43. The number of halogens is 1. The zero-order valence-corrected chi connectivity index (χ0v) is 10.3. The highest BCUT2D eigenvalue weighted by Gasteiger charge is 2.07. The van der Waals surface area contributed by atoms with Gasteiger partial charge in [-0.15, -0.1) is 0 Å². The van der Waals surface area contributed by atoms with Gasteiger partial charge in [-0.3, -0.25) is 5.41 Å². The molecule has 0 aliphatic heterocycles. The number of hydrogen-bond acceptors (Lipinski definition) is 3. The first-order valence-corrected chi connectivity index (χ1v) is 5.71. The molecule has 4 nitrogen and oxygen atoms in total. The molecule has 0 bridgehead atoms. The molecule has 0 spiro atoms. The van der Waals surface area contributed by atoms with Crippen LogP contribution in [0.5, 0.6) is 5.88 Å². The average molecular weight is 262 g/mol. The minimum Gasteiger partial charge on any atom is -0.472 e. The van der Waals surface area contributed by atoms with Crippen molar-refractivity contribution < 1.29 is 4.74 Å². The summed E-state index contributed by atoms with van der Waals surface area (Å²) in [6.07, 6.45) is 1.60. The van der Waals surface area contributed by atoms with Gasteiger partial charge in [0.2, 0.25) is 5.88 Å². The minimum atomic E-state index is -0.0609. The van der Waals surface area contributed by atoms with E-state index in [0.717, 1.165) is 5.56 Å². The van der Waals surface area contributed by atoms with Crippen LogP contribution in [0.25, 0.3) is 0 Å². The van der Waals surface area contributed by atoms with E-state index in [-0.39, 0.29) is 5.84 Å². The Labute approximate surface area is 110 Å². The van der Waals surface area contributed by atoms with Crippen molar-refractivity contribution in [3.63, 3.8) is 0 Å². The molecule has 0 fully saturated rings. The van der Waals surface area contributed by atoms with Crippen LogP contribution in [0.4, 0.5) is 0 Å². The first kappa shape index (κ1) is 12.4. The van der Waals surface area contributed by atoms with E-state index < -0.39 is 0 Å². The molecule has 92 valence electrons. The number of ether oxygens (including phenoxy) is 1. The third kappa shape index (κ3) is 2.99. The van der Waals surface area contributed by atoms with Gasteiger partial charge >= 0.3 is 0 Å². The molecule has 1 heterocycles. The van der Waals surface area contributed by atoms with Crippen molar-refractivity contribution in [3.8, 4) is 5.88 Å². The summed E-state index contributed by atoms with van der Waals surface area (Å²) in [7, 11) is 0. The third-order valence-electron chi connectivity index (χ3n) is 2.35. The maximum atomic E-state index is 7.43. The summed E-state index contributed by atoms with van der Waals surface area (Å²) >= 11 is 5.80. The summed E-state index contributed by atoms with van der Waals surface area (Å²) < 4.78 is 5.55. The van der Waals surface area contributed by atoms with E-state index in [1.54, 1.807) is 30.5 Å². The number of nitrogens with one attached hydrogen (secondary N) is 1. The van der Waals surface area contributed by atoms with Crippen LogP contribution >= 0.6 is 11.6 Å². The number of benzene rings is 1. The van der Waals surface area contributed by atoms with Gasteiger partial charge < -0.3 is 10.5 Å². The van der Waals surface area contributed by atoms with Crippen LogP contribution in [-0.2, 0) is 6.61 Å². The summed E-state index contributed by atoms with van der Waals surface area (Å²) in [5.41, 5.74) is 6.91. The van der Waals surface area contributed by atoms with Crippen LogP contribution in [0.2, 0.25) is 5.02 Å². The fourth-order valence-electron chi connectivity index (χ4n) is 1.44. The quantitative estimate of drug-likeness (QED) is 0.656. The lowest BCUT2D eigenvalue weighted by Crippen LogP contribution is -2.13. The van der Waals surface area contributed by atoms with E-state index >= 15 is 0 Å². The molecule has 0 saturated carbocycles. The molecule has 5 heteroatoms. The Morgan fingerprint density at radius 1 is 1.28 bits per heavy atom. The molecule has 1 aromatic heterocycles. The molecule has 0 saturated heterocycles. The van der Waals surface area contributed by atoms with Crippen molar-refractivity contribution in [1.82, 2.24) is 4.98 Å². The van der Waals surface area contributed by atoms with Crippen LogP contribution in [0.1, 0.15) is 11.1 Å². The molecule has 1 aromatic carbocycles. The van der Waals surface area contributed by atoms with Gasteiger partial charge in [0, 0.05) is 11.2 Å². The number of nitrogens with zero attached hydrogens (tertiary/aromatic N) is 1. The molecule has 3 N–H and O–H groups in total. The monoisotopic (exact) mass is 261 g/mol. The van der Waals surface area contributed by atoms with Gasteiger partial charge in [0.05, 0.1) is 5.56 Å². The van der Waals surface area contributed by atoms with E-state index in [4.69, 9.17) is 27.5 Å². The van der Waals surface area contributed by atoms with E-state index in [0.29, 0.717) is 23.1 Å². The van der Waals surface area contributed by atoms with Crippen molar-refractivity contribution in [2.45, 2.75) is 6.61 Å². The number of hydrogen-bond donors (Lipinski definition) is 2. The highest BCUT2D eigenvalue weighted by Crippen LogP contribution is 2.16. The Balaban J connectivity index is 2.10. The molecule has 0 unspecified atom stereocenters. The van der Waals surface area contributed by atoms with Gasteiger partial charge in [0.25, 0.3) is 0 Å². The van der Waals surface area contributed by atoms with E-state index in [9.17, 15) is 0 Å². The van der Waals surface area contributed by atoms with Gasteiger partial charge in [-0.25, -0.2) is 4.98 Å². The minimum absolute atomic E-state index is 0.0609. The molecule has 0 atom stereocenters. The first-order valence-electron chi connectivity index (χ1n) is 5.33. The van der Waals surface area contributed by atoms with Crippen molar-refractivity contribution in [3.05, 3.63) is 58.7 Å². The molecular weight excluding hydrogens is 250 g/mol. The molecule has 0 aliphatic rings. The Bertz CT molecular complexity index is 554. The van der Waals surface area contributed by atoms with Crippen molar-refractivity contribution >= 4 is 17.4 Å². The van der Waals surface area contributed by atoms with Crippen LogP contribution in [0.15, 0.2) is 42.6 Å². The molecule has 2 aromatic rings. The van der Waals surface area contributed by atoms with Gasteiger partial charge in [0.1, 0.15) is 12.4 Å². The van der Waals surface area contributed by atoms with Crippen molar-refractivity contribution in [2.24, 2.45) is 5.73 Å². The Morgan fingerprint density at radius 3 is 2.67 bits per heavy atom. The lowest BCUT2D eigenvalue weighted by atomic mass is 10.2. The number of rotatable bonds is 4. The molecule has 0 aliphatic carbocycles. The Kier molecular flexibility index (Phi) is 3.79. The number of nitrogen functional groups attached to an aromatic ring is 1. The highest BCUT2D eigenvalue weighted by atomic mass is 35.5. The van der Waals surface area contributed by atoms with E-state index in [1.165, 1.54) is 0 Å². The van der Waals surface area contributed by atoms with Gasteiger partial charge in [0.15, 0.2) is 0 Å². The number of amidine groups is 1. The number of nitrogens with two attached hydrogens (primary N) is 1. The fraction of sp³-hybridized carbons (Fsp3) is 0.0769. The molecule has 18 heavy (non-hydrogen) atoms. The first-order chi connectivity index (χ1) is 8.66. The molecule has 0 radical (unpaired) electrons. The molecule has 0 amide bonds. The standard InChI is InChI=1S/C13H12ClN3O/c14-10-5-3-9(4-6-10)8-18-13-11(12(15)16)2-1-7-17-13/h1-7H,8H2,(H3,15,16). The van der Waals surface area contributed by atoms with Crippen LogP contribution in [0.3, 0.4) is 0 Å². The number of pyridine rings is 1. The topological polar surface area (TPSA) is 72.0 Å². The summed E-state index contributed by atoms with van der Waals surface area (Å²) in [6, 6.07) is 10.8. The zero-order valence-electron chi connectivity index (χ0n) is 9.56. The van der Waals surface area contributed by atoms with E-state index in [1.807, 2.05) is 12.1 Å². The smallest absolute Gasteiger partial charge is 0.224 e. The largest absolute Gasteiger partial charge is 0.472 e. The SMILES string of the molecule is N=C(N)c1cccnc1OCc1ccc(Cl)cc1. The molecular formula is C13H12ClN3O. The number of aromatic nitrogens is 1. The fourth-order valence-corrected chi connectivity index (χ4v) is 1.57. The van der Waals surface area contributed by atoms with Crippen LogP contribution in [-0.4, -0.2) is 10.8 Å². The van der Waals surface area contributed by atoms with Gasteiger partial charge in [-0.1, -0.05) is 23.7 Å². The van der Waals surface area contributed by atoms with Crippen molar-refractivity contribution in [2.75, 3.05) is 0 Å². The maximum Gasteiger partial charge on any atom is 0.224 e. The summed E-state index contributed by atoms with van der Waals surface area (Å²) in [5.74, 6) is 0.300. The summed E-state index contributed by atoms with van der Waals surface area (Å²) in [6.45, 7) is 0.356. The molecule has 2 rings (SSSR count). The summed E-state index contributed by atoms with van der Waals surface area (Å²) in [4.78, 5) is 4.06.